The highest BCUT2D eigenvalue weighted by atomic mass is 35.5. The Morgan fingerprint density at radius 2 is 1.69 bits per heavy atom. The molecule has 0 radical (unpaired) electrons. The number of fused-ring (bicyclic) bond motifs is 1. The molecule has 1 aliphatic rings. The molecule has 174 valence electrons. The van der Waals surface area contributed by atoms with Gasteiger partial charge < -0.3 is 4.74 Å². The van der Waals surface area contributed by atoms with E-state index < -0.39 is 5.56 Å². The summed E-state index contributed by atoms with van der Waals surface area (Å²) in [6.45, 7) is 0.222. The van der Waals surface area contributed by atoms with Crippen molar-refractivity contribution in [2.75, 3.05) is 0 Å². The van der Waals surface area contributed by atoms with Crippen molar-refractivity contribution in [2.45, 2.75) is 6.54 Å². The van der Waals surface area contributed by atoms with Crippen molar-refractivity contribution in [3.63, 3.8) is 0 Å². The average Bonchev–Trinajstić information content (AvgIpc) is 3.11. The van der Waals surface area contributed by atoms with Crippen LogP contribution in [-0.2, 0) is 11.3 Å². The number of hydrogen-bond donors (Lipinski definition) is 0. The van der Waals surface area contributed by atoms with Crippen LogP contribution < -0.4 is 10.3 Å². The number of carbonyl (C=O) groups excluding carboxylic acids is 1. The SMILES string of the molecule is O=C1/C(=C\c2c(Oc3ccccc3Cl)nc3ccccn3c2=O)SC(=S)N1Cc1ccccc1Cl. The maximum Gasteiger partial charge on any atom is 0.269 e. The number of para-hydroxylation sites is 1. The molecule has 0 unspecified atom stereocenters. The fourth-order valence-electron chi connectivity index (χ4n) is 3.48. The van der Waals surface area contributed by atoms with Gasteiger partial charge in [0.05, 0.1) is 16.5 Å². The number of halogens is 2. The first-order chi connectivity index (χ1) is 16.9. The monoisotopic (exact) mass is 539 g/mol. The van der Waals surface area contributed by atoms with Gasteiger partial charge in [0.15, 0.2) is 0 Å². The Morgan fingerprint density at radius 1 is 0.971 bits per heavy atom. The Balaban J connectivity index is 1.58. The zero-order chi connectivity index (χ0) is 24.5. The van der Waals surface area contributed by atoms with Crippen molar-refractivity contribution < 1.29 is 9.53 Å². The topological polar surface area (TPSA) is 63.9 Å². The molecule has 1 saturated heterocycles. The highest BCUT2D eigenvalue weighted by Gasteiger charge is 2.33. The minimum Gasteiger partial charge on any atom is -0.437 e. The lowest BCUT2D eigenvalue weighted by Gasteiger charge is -2.15. The molecule has 0 spiro atoms. The van der Waals surface area contributed by atoms with Gasteiger partial charge in [-0.25, -0.2) is 0 Å². The van der Waals surface area contributed by atoms with E-state index in [-0.39, 0.29) is 28.8 Å². The second-order valence-corrected chi connectivity index (χ2v) is 9.95. The van der Waals surface area contributed by atoms with Crippen molar-refractivity contribution in [3.05, 3.63) is 109 Å². The largest absolute Gasteiger partial charge is 0.437 e. The van der Waals surface area contributed by atoms with Crippen molar-refractivity contribution in [2.24, 2.45) is 0 Å². The minimum absolute atomic E-state index is 0.0330. The third kappa shape index (κ3) is 4.70. The second-order valence-electron chi connectivity index (χ2n) is 7.46. The summed E-state index contributed by atoms with van der Waals surface area (Å²) >= 11 is 19.1. The van der Waals surface area contributed by atoms with Crippen LogP contribution >= 0.6 is 47.2 Å². The molecule has 4 aromatic rings. The highest BCUT2D eigenvalue weighted by Crippen LogP contribution is 2.36. The third-order valence-electron chi connectivity index (χ3n) is 5.21. The number of amides is 1. The fraction of sp³-hybridized carbons (Fsp3) is 0.0400. The third-order valence-corrected chi connectivity index (χ3v) is 7.27. The summed E-state index contributed by atoms with van der Waals surface area (Å²) in [5.74, 6) is 0.0362. The maximum absolute atomic E-state index is 13.4. The average molecular weight is 540 g/mol. The van der Waals surface area contributed by atoms with Crippen molar-refractivity contribution >= 4 is 69.1 Å². The number of benzene rings is 2. The number of ether oxygens (including phenoxy) is 1. The van der Waals surface area contributed by atoms with Gasteiger partial charge in [-0.2, -0.15) is 4.98 Å². The van der Waals surface area contributed by atoms with E-state index in [9.17, 15) is 9.59 Å². The maximum atomic E-state index is 13.4. The smallest absolute Gasteiger partial charge is 0.269 e. The lowest BCUT2D eigenvalue weighted by atomic mass is 10.2. The number of thiocarbonyl (C=S) groups is 1. The number of thioether (sulfide) groups is 1. The summed E-state index contributed by atoms with van der Waals surface area (Å²) in [7, 11) is 0. The fourth-order valence-corrected chi connectivity index (χ4v) is 5.09. The Morgan fingerprint density at radius 3 is 2.46 bits per heavy atom. The Kier molecular flexibility index (Phi) is 6.62. The van der Waals surface area contributed by atoms with E-state index in [0.29, 0.717) is 25.8 Å². The Bertz CT molecular complexity index is 1590. The van der Waals surface area contributed by atoms with Crippen LogP contribution in [0.4, 0.5) is 0 Å². The molecule has 0 bridgehead atoms. The van der Waals surface area contributed by atoms with E-state index in [2.05, 4.69) is 4.98 Å². The molecule has 35 heavy (non-hydrogen) atoms. The van der Waals surface area contributed by atoms with Crippen LogP contribution in [0.25, 0.3) is 11.7 Å². The van der Waals surface area contributed by atoms with E-state index in [0.717, 1.165) is 17.3 Å². The van der Waals surface area contributed by atoms with Crippen LogP contribution in [0.5, 0.6) is 11.6 Å². The van der Waals surface area contributed by atoms with Crippen LogP contribution in [0.1, 0.15) is 11.1 Å². The highest BCUT2D eigenvalue weighted by molar-refractivity contribution is 8.26. The first-order valence-electron chi connectivity index (χ1n) is 10.3. The quantitative estimate of drug-likeness (QED) is 0.222. The molecule has 3 heterocycles. The zero-order valence-corrected chi connectivity index (χ0v) is 21.0. The summed E-state index contributed by atoms with van der Waals surface area (Å²) in [5, 5.41) is 0.900. The van der Waals surface area contributed by atoms with E-state index in [1.165, 1.54) is 15.4 Å². The standard InChI is InChI=1S/C25H15Cl2N3O3S2/c26-17-8-2-1-7-15(17)14-30-24(32)20(35-25(30)34)13-16-22(33-19-10-4-3-9-18(19)27)28-21-11-5-6-12-29(21)23(16)31/h1-13H,14H2/b20-13+. The summed E-state index contributed by atoms with van der Waals surface area (Å²) in [6, 6.07) is 19.3. The number of carbonyl (C=O) groups is 1. The van der Waals surface area contributed by atoms with Crippen molar-refractivity contribution in [1.29, 1.82) is 0 Å². The minimum atomic E-state index is -0.394. The van der Waals surface area contributed by atoms with Crippen molar-refractivity contribution in [3.8, 4) is 11.6 Å². The first-order valence-corrected chi connectivity index (χ1v) is 12.3. The molecule has 1 aliphatic heterocycles. The molecule has 1 fully saturated rings. The molecule has 6 nitrogen and oxygen atoms in total. The molecule has 5 rings (SSSR count). The summed E-state index contributed by atoms with van der Waals surface area (Å²) in [5.41, 5.74) is 0.866. The predicted octanol–water partition coefficient (Wildman–Crippen LogP) is 6.20. The van der Waals surface area contributed by atoms with Gasteiger partial charge in [-0.05, 0) is 42.0 Å². The van der Waals surface area contributed by atoms with Crippen LogP contribution in [0.3, 0.4) is 0 Å². The van der Waals surface area contributed by atoms with E-state index in [4.69, 9.17) is 40.2 Å². The van der Waals surface area contributed by atoms with Gasteiger partial charge in [-0.1, -0.05) is 83.6 Å². The van der Waals surface area contributed by atoms with E-state index in [1.54, 1.807) is 54.7 Å². The van der Waals surface area contributed by atoms with Gasteiger partial charge in [0, 0.05) is 11.2 Å². The molecule has 0 N–H and O–H groups in total. The number of nitrogens with zero attached hydrogens (tertiary/aromatic N) is 3. The van der Waals surface area contributed by atoms with Gasteiger partial charge in [-0.15, -0.1) is 0 Å². The summed E-state index contributed by atoms with van der Waals surface area (Å²) < 4.78 is 7.70. The van der Waals surface area contributed by atoms with Gasteiger partial charge in [-0.3, -0.25) is 18.9 Å². The molecule has 0 saturated carbocycles. The van der Waals surface area contributed by atoms with E-state index in [1.807, 2.05) is 18.2 Å². The molecular weight excluding hydrogens is 525 g/mol. The molecule has 2 aromatic heterocycles. The van der Waals surface area contributed by atoms with Crippen LogP contribution in [0.2, 0.25) is 10.0 Å². The molecular formula is C25H15Cl2N3O3S2. The number of rotatable bonds is 5. The van der Waals surface area contributed by atoms with Crippen LogP contribution in [0, 0.1) is 0 Å². The van der Waals surface area contributed by atoms with E-state index >= 15 is 0 Å². The zero-order valence-electron chi connectivity index (χ0n) is 17.9. The molecule has 1 amide bonds. The summed E-state index contributed by atoms with van der Waals surface area (Å²) in [6.07, 6.45) is 3.07. The van der Waals surface area contributed by atoms with Crippen LogP contribution in [0.15, 0.2) is 82.6 Å². The predicted molar refractivity (Wildman–Crippen MR) is 143 cm³/mol. The van der Waals surface area contributed by atoms with Gasteiger partial charge in [0.25, 0.3) is 11.5 Å². The lowest BCUT2D eigenvalue weighted by molar-refractivity contribution is -0.122. The second kappa shape index (κ2) is 9.83. The normalized spacial score (nSPS) is 14.8. The van der Waals surface area contributed by atoms with Gasteiger partial charge in [0.2, 0.25) is 5.88 Å². The molecule has 0 aliphatic carbocycles. The van der Waals surface area contributed by atoms with Crippen molar-refractivity contribution in [1.82, 2.24) is 14.3 Å². The Labute approximate surface area is 219 Å². The number of hydrogen-bond acceptors (Lipinski definition) is 6. The lowest BCUT2D eigenvalue weighted by Crippen LogP contribution is -2.27. The number of aromatic nitrogens is 2. The molecule has 2 aromatic carbocycles. The molecule has 0 atom stereocenters. The first kappa shape index (κ1) is 23.6. The number of pyridine rings is 1. The summed E-state index contributed by atoms with van der Waals surface area (Å²) in [4.78, 5) is 32.9. The van der Waals surface area contributed by atoms with Crippen LogP contribution in [-0.4, -0.2) is 24.5 Å². The van der Waals surface area contributed by atoms with Gasteiger partial charge >= 0.3 is 0 Å². The Hall–Kier alpha value is -3.17. The molecule has 10 heteroatoms. The van der Waals surface area contributed by atoms with Gasteiger partial charge in [0.1, 0.15) is 21.3 Å².